The average Bonchev–Trinajstić information content (AvgIpc) is 2.49. The van der Waals surface area contributed by atoms with Crippen LogP contribution in [0.25, 0.3) is 10.8 Å². The molecular formula is C17H13FN2O. The van der Waals surface area contributed by atoms with Crippen LogP contribution in [0.1, 0.15) is 10.4 Å². The van der Waals surface area contributed by atoms with E-state index in [1.165, 1.54) is 12.1 Å². The highest BCUT2D eigenvalue weighted by Crippen LogP contribution is 2.20. The lowest BCUT2D eigenvalue weighted by Crippen LogP contribution is -2.13. The molecule has 3 aromatic rings. The molecule has 3 N–H and O–H groups in total. The third-order valence-corrected chi connectivity index (χ3v) is 3.25. The standard InChI is InChI=1S/C17H13FN2O/c18-15-10-14(19)7-8-16(15)20-17(21)13-6-5-11-3-1-2-4-12(11)9-13/h1-10H,19H2,(H,20,21). The number of halogens is 1. The van der Waals surface area contributed by atoms with Gasteiger partial charge in [-0.1, -0.05) is 30.3 Å². The monoisotopic (exact) mass is 280 g/mol. The molecule has 21 heavy (non-hydrogen) atoms. The van der Waals surface area contributed by atoms with Crippen LogP contribution in [0, 0.1) is 5.82 Å². The molecule has 0 unspecified atom stereocenters. The fourth-order valence-corrected chi connectivity index (χ4v) is 2.16. The van der Waals surface area contributed by atoms with Crippen molar-refractivity contribution in [3.63, 3.8) is 0 Å². The van der Waals surface area contributed by atoms with Crippen LogP contribution in [-0.2, 0) is 0 Å². The summed E-state index contributed by atoms with van der Waals surface area (Å²) in [5, 5.41) is 4.56. The second-order valence-corrected chi connectivity index (χ2v) is 4.76. The Morgan fingerprint density at radius 3 is 2.48 bits per heavy atom. The van der Waals surface area contributed by atoms with E-state index in [1.54, 1.807) is 18.2 Å². The number of nitrogens with two attached hydrogens (primary N) is 1. The van der Waals surface area contributed by atoms with Crippen LogP contribution in [-0.4, -0.2) is 5.91 Å². The van der Waals surface area contributed by atoms with E-state index in [0.29, 0.717) is 11.3 Å². The lowest BCUT2D eigenvalue weighted by Gasteiger charge is -2.08. The van der Waals surface area contributed by atoms with Gasteiger partial charge in [-0.25, -0.2) is 4.39 Å². The molecule has 0 bridgehead atoms. The van der Waals surface area contributed by atoms with Crippen molar-refractivity contribution in [1.82, 2.24) is 0 Å². The van der Waals surface area contributed by atoms with Gasteiger partial charge in [-0.3, -0.25) is 4.79 Å². The molecular weight excluding hydrogens is 267 g/mol. The number of carbonyl (C=O) groups is 1. The molecule has 0 aromatic heterocycles. The molecule has 0 radical (unpaired) electrons. The molecule has 0 heterocycles. The van der Waals surface area contributed by atoms with Crippen molar-refractivity contribution < 1.29 is 9.18 Å². The Labute approximate surface area is 121 Å². The van der Waals surface area contributed by atoms with Crippen LogP contribution in [0.3, 0.4) is 0 Å². The van der Waals surface area contributed by atoms with Gasteiger partial charge in [-0.05, 0) is 41.1 Å². The third-order valence-electron chi connectivity index (χ3n) is 3.25. The van der Waals surface area contributed by atoms with E-state index in [4.69, 9.17) is 5.73 Å². The van der Waals surface area contributed by atoms with Gasteiger partial charge in [0.15, 0.2) is 0 Å². The van der Waals surface area contributed by atoms with Crippen LogP contribution in [0.15, 0.2) is 60.7 Å². The zero-order chi connectivity index (χ0) is 14.8. The summed E-state index contributed by atoms with van der Waals surface area (Å²) in [6.07, 6.45) is 0. The molecule has 0 fully saturated rings. The molecule has 0 aliphatic heterocycles. The second-order valence-electron chi connectivity index (χ2n) is 4.76. The highest BCUT2D eigenvalue weighted by molar-refractivity contribution is 6.06. The molecule has 104 valence electrons. The summed E-state index contributed by atoms with van der Waals surface area (Å²) in [5.74, 6) is -0.909. The first-order valence-electron chi connectivity index (χ1n) is 6.49. The Kier molecular flexibility index (Phi) is 3.28. The molecule has 0 saturated heterocycles. The first kappa shape index (κ1) is 13.1. The number of anilines is 2. The first-order valence-corrected chi connectivity index (χ1v) is 6.49. The topological polar surface area (TPSA) is 55.1 Å². The fourth-order valence-electron chi connectivity index (χ4n) is 2.16. The van der Waals surface area contributed by atoms with Gasteiger partial charge in [-0.15, -0.1) is 0 Å². The second kappa shape index (κ2) is 5.25. The van der Waals surface area contributed by atoms with Gasteiger partial charge < -0.3 is 11.1 Å². The minimum atomic E-state index is -0.552. The summed E-state index contributed by atoms with van der Waals surface area (Å²) in [4.78, 5) is 12.2. The Morgan fingerprint density at radius 2 is 1.71 bits per heavy atom. The molecule has 4 heteroatoms. The molecule has 0 atom stereocenters. The molecule has 3 aromatic carbocycles. The number of nitrogen functional groups attached to an aromatic ring is 1. The van der Waals surface area contributed by atoms with Gasteiger partial charge in [0.25, 0.3) is 5.91 Å². The zero-order valence-electron chi connectivity index (χ0n) is 11.1. The number of nitrogens with one attached hydrogen (secondary N) is 1. The predicted octanol–water partition coefficient (Wildman–Crippen LogP) is 3.81. The highest BCUT2D eigenvalue weighted by atomic mass is 19.1. The van der Waals surface area contributed by atoms with Gasteiger partial charge in [-0.2, -0.15) is 0 Å². The summed E-state index contributed by atoms with van der Waals surface area (Å²) in [5.41, 5.74) is 6.38. The Morgan fingerprint density at radius 1 is 0.952 bits per heavy atom. The zero-order valence-corrected chi connectivity index (χ0v) is 11.1. The lowest BCUT2D eigenvalue weighted by atomic mass is 10.1. The van der Waals surface area contributed by atoms with E-state index < -0.39 is 5.82 Å². The number of rotatable bonds is 2. The van der Waals surface area contributed by atoms with Gasteiger partial charge in [0.1, 0.15) is 5.82 Å². The SMILES string of the molecule is Nc1ccc(NC(=O)c2ccc3ccccc3c2)c(F)c1. The number of benzene rings is 3. The first-order chi connectivity index (χ1) is 10.1. The smallest absolute Gasteiger partial charge is 0.255 e. The molecule has 0 saturated carbocycles. The van der Waals surface area contributed by atoms with Crippen molar-refractivity contribution in [2.45, 2.75) is 0 Å². The summed E-state index contributed by atoms with van der Waals surface area (Å²) in [6, 6.07) is 17.3. The van der Waals surface area contributed by atoms with Crippen molar-refractivity contribution >= 4 is 28.1 Å². The van der Waals surface area contributed by atoms with E-state index in [1.807, 2.05) is 30.3 Å². The van der Waals surface area contributed by atoms with E-state index in [0.717, 1.165) is 10.8 Å². The van der Waals surface area contributed by atoms with Crippen molar-refractivity contribution in [2.75, 3.05) is 11.1 Å². The third kappa shape index (κ3) is 2.69. The largest absolute Gasteiger partial charge is 0.399 e. The van der Waals surface area contributed by atoms with E-state index in [-0.39, 0.29) is 11.6 Å². The minimum Gasteiger partial charge on any atom is -0.399 e. The van der Waals surface area contributed by atoms with E-state index in [9.17, 15) is 9.18 Å². The van der Waals surface area contributed by atoms with Gasteiger partial charge in [0, 0.05) is 11.3 Å². The fraction of sp³-hybridized carbons (Fsp3) is 0. The van der Waals surface area contributed by atoms with Crippen molar-refractivity contribution in [3.05, 3.63) is 72.0 Å². The molecule has 0 aliphatic carbocycles. The lowest BCUT2D eigenvalue weighted by molar-refractivity contribution is 0.102. The van der Waals surface area contributed by atoms with Crippen LogP contribution in [0.4, 0.5) is 15.8 Å². The maximum Gasteiger partial charge on any atom is 0.255 e. The van der Waals surface area contributed by atoms with Crippen LogP contribution >= 0.6 is 0 Å². The number of hydrogen-bond acceptors (Lipinski definition) is 2. The molecule has 1 amide bonds. The Bertz CT molecular complexity index is 830. The summed E-state index contributed by atoms with van der Waals surface area (Å²) in [7, 11) is 0. The average molecular weight is 280 g/mol. The molecule has 3 nitrogen and oxygen atoms in total. The van der Waals surface area contributed by atoms with Crippen molar-refractivity contribution in [2.24, 2.45) is 0 Å². The molecule has 0 spiro atoms. The number of carbonyl (C=O) groups excluding carboxylic acids is 1. The van der Waals surface area contributed by atoms with Gasteiger partial charge in [0.05, 0.1) is 5.69 Å². The highest BCUT2D eigenvalue weighted by Gasteiger charge is 2.10. The molecule has 3 rings (SSSR count). The number of fused-ring (bicyclic) bond motifs is 1. The summed E-state index contributed by atoms with van der Waals surface area (Å²) < 4.78 is 13.7. The quantitative estimate of drug-likeness (QED) is 0.701. The minimum absolute atomic E-state index is 0.113. The van der Waals surface area contributed by atoms with Crippen LogP contribution < -0.4 is 11.1 Å². The maximum atomic E-state index is 13.7. The normalized spacial score (nSPS) is 10.5. The Hall–Kier alpha value is -2.88. The van der Waals surface area contributed by atoms with Crippen LogP contribution in [0.2, 0.25) is 0 Å². The number of hydrogen-bond donors (Lipinski definition) is 2. The number of amides is 1. The van der Waals surface area contributed by atoms with Gasteiger partial charge in [0.2, 0.25) is 0 Å². The Balaban J connectivity index is 1.89. The predicted molar refractivity (Wildman–Crippen MR) is 82.7 cm³/mol. The van der Waals surface area contributed by atoms with Crippen molar-refractivity contribution in [1.29, 1.82) is 0 Å². The van der Waals surface area contributed by atoms with Crippen molar-refractivity contribution in [3.8, 4) is 0 Å². The van der Waals surface area contributed by atoms with E-state index >= 15 is 0 Å². The summed E-state index contributed by atoms with van der Waals surface area (Å²) in [6.45, 7) is 0. The maximum absolute atomic E-state index is 13.7. The van der Waals surface area contributed by atoms with Crippen LogP contribution in [0.5, 0.6) is 0 Å². The van der Waals surface area contributed by atoms with E-state index in [2.05, 4.69) is 5.32 Å². The van der Waals surface area contributed by atoms with Gasteiger partial charge >= 0.3 is 0 Å². The molecule has 0 aliphatic rings. The summed E-state index contributed by atoms with van der Waals surface area (Å²) >= 11 is 0.